The minimum atomic E-state index is -0.949. The molecule has 0 aliphatic heterocycles. The van der Waals surface area contributed by atoms with Crippen molar-refractivity contribution in [2.24, 2.45) is 0 Å². The number of aliphatic carboxylic acids is 1. The molecule has 0 amide bonds. The zero-order chi connectivity index (χ0) is 25.5. The summed E-state index contributed by atoms with van der Waals surface area (Å²) >= 11 is 0. The van der Waals surface area contributed by atoms with E-state index in [-0.39, 0.29) is 12.4 Å². The minimum Gasteiger partial charge on any atom is -0.481 e. The average Bonchev–Trinajstić information content (AvgIpc) is 2.73. The van der Waals surface area contributed by atoms with Crippen molar-refractivity contribution in [3.63, 3.8) is 0 Å². The number of carboxylic acid groups (broad SMARTS) is 1. The number of carbonyl (C=O) groups excluding carboxylic acids is 1. The van der Waals surface area contributed by atoms with E-state index in [1.165, 1.54) is 0 Å². The SMILES string of the molecule is CC/C=C/C=C/C=C\C=C\C=C\C=C\C=C\CCCCCC(=O)OC(CC(=O)O)C[N+](C)(C)C. The van der Waals surface area contributed by atoms with Crippen LogP contribution in [0.4, 0.5) is 0 Å². The van der Waals surface area contributed by atoms with Gasteiger partial charge in [-0.3, -0.25) is 9.59 Å². The van der Waals surface area contributed by atoms with Crippen molar-refractivity contribution < 1.29 is 23.9 Å². The first-order valence-corrected chi connectivity index (χ1v) is 12.1. The molecule has 0 spiro atoms. The van der Waals surface area contributed by atoms with Crippen LogP contribution in [0, 0.1) is 0 Å². The Labute approximate surface area is 206 Å². The van der Waals surface area contributed by atoms with Gasteiger partial charge in [-0.2, -0.15) is 0 Å². The topological polar surface area (TPSA) is 63.6 Å². The molecule has 0 bridgehead atoms. The quantitative estimate of drug-likeness (QED) is 0.110. The van der Waals surface area contributed by atoms with E-state index >= 15 is 0 Å². The second-order valence-corrected chi connectivity index (χ2v) is 8.97. The Bertz CT molecular complexity index is 761. The van der Waals surface area contributed by atoms with Gasteiger partial charge in [0.2, 0.25) is 0 Å². The van der Waals surface area contributed by atoms with Gasteiger partial charge in [0.15, 0.2) is 6.10 Å². The zero-order valence-electron chi connectivity index (χ0n) is 21.4. The van der Waals surface area contributed by atoms with Gasteiger partial charge in [0.05, 0.1) is 27.6 Å². The first-order chi connectivity index (χ1) is 16.2. The monoisotopic (exact) mass is 470 g/mol. The number of quaternary nitrogens is 1. The van der Waals surface area contributed by atoms with Crippen LogP contribution in [-0.2, 0) is 14.3 Å². The molecule has 1 atom stereocenters. The molecule has 0 fully saturated rings. The summed E-state index contributed by atoms with van der Waals surface area (Å²) in [7, 11) is 5.85. The van der Waals surface area contributed by atoms with Gasteiger partial charge in [0.25, 0.3) is 0 Å². The molecule has 0 rings (SSSR count). The molecule has 34 heavy (non-hydrogen) atoms. The molecular weight excluding hydrogens is 426 g/mol. The van der Waals surface area contributed by atoms with Crippen LogP contribution in [0.2, 0.25) is 0 Å². The Kier molecular flexibility index (Phi) is 18.9. The molecule has 0 aliphatic rings. The number of hydrogen-bond acceptors (Lipinski definition) is 3. The molecule has 188 valence electrons. The second-order valence-electron chi connectivity index (χ2n) is 8.97. The van der Waals surface area contributed by atoms with Gasteiger partial charge < -0.3 is 14.3 Å². The van der Waals surface area contributed by atoms with E-state index in [2.05, 4.69) is 19.1 Å². The Morgan fingerprint density at radius 1 is 0.765 bits per heavy atom. The number of carboxylic acids is 1. The third kappa shape index (κ3) is 23.7. The van der Waals surface area contributed by atoms with Crippen molar-refractivity contribution in [3.8, 4) is 0 Å². The van der Waals surface area contributed by atoms with Crippen molar-refractivity contribution in [3.05, 3.63) is 85.1 Å². The number of allylic oxidation sites excluding steroid dienone is 14. The maximum Gasteiger partial charge on any atom is 0.307 e. The van der Waals surface area contributed by atoms with Crippen molar-refractivity contribution in [1.82, 2.24) is 0 Å². The van der Waals surface area contributed by atoms with Crippen LogP contribution in [0.5, 0.6) is 0 Å². The molecular formula is C29H44NO4+. The van der Waals surface area contributed by atoms with Crippen LogP contribution in [-0.4, -0.2) is 55.3 Å². The molecule has 0 aromatic rings. The van der Waals surface area contributed by atoms with Crippen molar-refractivity contribution >= 4 is 11.9 Å². The first-order valence-electron chi connectivity index (χ1n) is 12.1. The summed E-state index contributed by atoms with van der Waals surface area (Å²) < 4.78 is 5.94. The van der Waals surface area contributed by atoms with Crippen LogP contribution in [0.3, 0.4) is 0 Å². The third-order valence-corrected chi connectivity index (χ3v) is 4.43. The Morgan fingerprint density at radius 2 is 1.26 bits per heavy atom. The summed E-state index contributed by atoms with van der Waals surface area (Å²) in [5.41, 5.74) is 0. The highest BCUT2D eigenvalue weighted by Crippen LogP contribution is 2.10. The lowest BCUT2D eigenvalue weighted by Gasteiger charge is -2.28. The third-order valence-electron chi connectivity index (χ3n) is 4.43. The van der Waals surface area contributed by atoms with Crippen LogP contribution >= 0.6 is 0 Å². The summed E-state index contributed by atoms with van der Waals surface area (Å²) in [6.07, 6.45) is 32.5. The van der Waals surface area contributed by atoms with Crippen molar-refractivity contribution in [2.75, 3.05) is 27.7 Å². The van der Waals surface area contributed by atoms with E-state index in [0.717, 1.165) is 32.1 Å². The molecule has 0 aromatic carbocycles. The number of ether oxygens (including phenoxy) is 1. The average molecular weight is 471 g/mol. The van der Waals surface area contributed by atoms with Gasteiger partial charge in [-0.15, -0.1) is 0 Å². The number of esters is 1. The fourth-order valence-corrected chi connectivity index (χ4v) is 2.93. The summed E-state index contributed by atoms with van der Waals surface area (Å²) in [6.45, 7) is 2.59. The zero-order valence-corrected chi connectivity index (χ0v) is 21.4. The molecule has 0 aromatic heterocycles. The van der Waals surface area contributed by atoms with Gasteiger partial charge in [-0.05, 0) is 25.7 Å². The van der Waals surface area contributed by atoms with Gasteiger partial charge in [0, 0.05) is 6.42 Å². The van der Waals surface area contributed by atoms with Crippen molar-refractivity contribution in [1.29, 1.82) is 0 Å². The summed E-state index contributed by atoms with van der Waals surface area (Å²) in [4.78, 5) is 23.0. The van der Waals surface area contributed by atoms with Gasteiger partial charge in [-0.25, -0.2) is 0 Å². The molecule has 0 aliphatic carbocycles. The van der Waals surface area contributed by atoms with E-state index < -0.39 is 12.1 Å². The number of nitrogens with zero attached hydrogens (tertiary/aromatic N) is 1. The van der Waals surface area contributed by atoms with E-state index in [0.29, 0.717) is 17.4 Å². The molecule has 0 heterocycles. The minimum absolute atomic E-state index is 0.156. The van der Waals surface area contributed by atoms with Crippen LogP contribution in [0.1, 0.15) is 51.9 Å². The summed E-state index contributed by atoms with van der Waals surface area (Å²) in [5.74, 6) is -1.26. The molecule has 1 unspecified atom stereocenters. The second kappa shape index (κ2) is 20.7. The van der Waals surface area contributed by atoms with Gasteiger partial charge in [-0.1, -0.05) is 98.4 Å². The number of carbonyl (C=O) groups is 2. The lowest BCUT2D eigenvalue weighted by atomic mass is 10.1. The van der Waals surface area contributed by atoms with Crippen LogP contribution in [0.15, 0.2) is 85.1 Å². The first kappa shape index (κ1) is 31.1. The maximum absolute atomic E-state index is 12.0. The van der Waals surface area contributed by atoms with E-state index in [9.17, 15) is 9.59 Å². The van der Waals surface area contributed by atoms with E-state index in [1.54, 1.807) is 0 Å². The molecule has 0 radical (unpaired) electrons. The van der Waals surface area contributed by atoms with E-state index in [4.69, 9.17) is 9.84 Å². The highest BCUT2D eigenvalue weighted by atomic mass is 16.5. The number of rotatable bonds is 18. The Balaban J connectivity index is 3.95. The van der Waals surface area contributed by atoms with Crippen molar-refractivity contribution in [2.45, 2.75) is 58.0 Å². The predicted octanol–water partition coefficient (Wildman–Crippen LogP) is 6.33. The lowest BCUT2D eigenvalue weighted by Crippen LogP contribution is -2.43. The molecule has 5 nitrogen and oxygen atoms in total. The summed E-state index contributed by atoms with van der Waals surface area (Å²) in [5, 5.41) is 9.02. The fraction of sp³-hybridized carbons (Fsp3) is 0.448. The Hall–Kier alpha value is -2.92. The molecule has 0 saturated carbocycles. The van der Waals surface area contributed by atoms with Crippen LogP contribution in [0.25, 0.3) is 0 Å². The van der Waals surface area contributed by atoms with Crippen LogP contribution < -0.4 is 0 Å². The normalized spacial score (nSPS) is 14.2. The molecule has 0 saturated heterocycles. The lowest BCUT2D eigenvalue weighted by molar-refractivity contribution is -0.873. The van der Waals surface area contributed by atoms with Gasteiger partial charge in [0.1, 0.15) is 6.54 Å². The fourth-order valence-electron chi connectivity index (χ4n) is 2.93. The number of unbranched alkanes of at least 4 members (excludes halogenated alkanes) is 3. The highest BCUT2D eigenvalue weighted by molar-refractivity contribution is 5.71. The standard InChI is InChI=1S/C29H43NO4/c1-5-6-7-8-9-10-11-12-13-14-15-16-17-18-19-20-21-22-23-24-29(33)34-27(25-28(31)32)26-30(2,3)4/h6-19,27H,5,20-26H2,1-4H3/p+1/b7-6+,9-8+,11-10-,13-12+,15-14+,17-16+,19-18+. The van der Waals surface area contributed by atoms with E-state index in [1.807, 2.05) is 94.1 Å². The Morgan fingerprint density at radius 3 is 1.74 bits per heavy atom. The van der Waals surface area contributed by atoms with Gasteiger partial charge >= 0.3 is 11.9 Å². The highest BCUT2D eigenvalue weighted by Gasteiger charge is 2.24. The predicted molar refractivity (Wildman–Crippen MR) is 142 cm³/mol. The largest absolute Gasteiger partial charge is 0.481 e. The smallest absolute Gasteiger partial charge is 0.307 e. The molecule has 5 heteroatoms. The maximum atomic E-state index is 12.0. The summed E-state index contributed by atoms with van der Waals surface area (Å²) in [6, 6.07) is 0. The molecule has 1 N–H and O–H groups in total. The number of hydrogen-bond donors (Lipinski definition) is 1. The number of likely N-dealkylation sites (N-methyl/N-ethyl adjacent to an activating group) is 1.